The van der Waals surface area contributed by atoms with Crippen molar-refractivity contribution in [2.75, 3.05) is 0 Å². The Kier molecular flexibility index (Phi) is 6.97. The monoisotopic (exact) mass is 682 g/mol. The number of benzene rings is 11. The highest BCUT2D eigenvalue weighted by atomic mass is 14.3. The lowest BCUT2D eigenvalue weighted by Gasteiger charge is -2.23. The zero-order chi connectivity index (χ0) is 35.6. The van der Waals surface area contributed by atoms with Crippen molar-refractivity contribution in [3.63, 3.8) is 0 Å². The Labute approximate surface area is 314 Å². The molecule has 0 bridgehead atoms. The molecule has 0 saturated heterocycles. The van der Waals surface area contributed by atoms with E-state index in [1.807, 2.05) is 0 Å². The molecule has 0 saturated carbocycles. The van der Waals surface area contributed by atoms with Crippen LogP contribution in [0.4, 0.5) is 0 Å². The summed E-state index contributed by atoms with van der Waals surface area (Å²) in [5.74, 6) is 0. The molecule has 0 aromatic heterocycles. The van der Waals surface area contributed by atoms with Gasteiger partial charge in [0.05, 0.1) is 0 Å². The maximum absolute atomic E-state index is 2.35. The third-order valence-electron chi connectivity index (χ3n) is 11.4. The van der Waals surface area contributed by atoms with Gasteiger partial charge in [0.25, 0.3) is 0 Å². The van der Waals surface area contributed by atoms with Crippen molar-refractivity contribution in [1.82, 2.24) is 0 Å². The highest BCUT2D eigenvalue weighted by Crippen LogP contribution is 2.51. The minimum atomic E-state index is 1.21. The highest BCUT2D eigenvalue weighted by Gasteiger charge is 2.23. The molecular formula is C54H34. The first-order valence-electron chi connectivity index (χ1n) is 18.8. The second-order valence-electron chi connectivity index (χ2n) is 14.3. The third kappa shape index (κ3) is 4.64. The number of fused-ring (bicyclic) bond motifs is 9. The van der Waals surface area contributed by atoms with Crippen LogP contribution in [0, 0.1) is 0 Å². The van der Waals surface area contributed by atoms with Crippen LogP contribution in [-0.2, 0) is 0 Å². The molecule has 0 aliphatic heterocycles. The predicted molar refractivity (Wildman–Crippen MR) is 233 cm³/mol. The van der Waals surface area contributed by atoms with Crippen LogP contribution in [0.15, 0.2) is 206 Å². The Morgan fingerprint density at radius 2 is 0.630 bits per heavy atom. The smallest absolute Gasteiger partial charge is 0.00139 e. The summed E-state index contributed by atoms with van der Waals surface area (Å²) in [5.41, 5.74) is 9.95. The largest absolute Gasteiger partial charge is 0.0622 e. The number of rotatable bonds is 4. The quantitative estimate of drug-likeness (QED) is 0.128. The molecule has 54 heavy (non-hydrogen) atoms. The van der Waals surface area contributed by atoms with Gasteiger partial charge in [-0.15, -0.1) is 0 Å². The van der Waals surface area contributed by atoms with E-state index in [9.17, 15) is 0 Å². The van der Waals surface area contributed by atoms with Crippen molar-refractivity contribution < 1.29 is 0 Å². The lowest BCUT2D eigenvalue weighted by molar-refractivity contribution is 1.59. The first kappa shape index (κ1) is 30.6. The summed E-state index contributed by atoms with van der Waals surface area (Å²) in [7, 11) is 0. The molecule has 0 heteroatoms. The SMILES string of the molecule is c1ccc(-c2cccc(-c3ccc4ccccc4c3)c2-c2c3ccccc3c(-c3cccc4c5ccccc5c5ccccc5c34)c3ccccc23)cc1. The summed E-state index contributed by atoms with van der Waals surface area (Å²) in [6, 6.07) is 76.2. The van der Waals surface area contributed by atoms with Crippen LogP contribution in [0.5, 0.6) is 0 Å². The van der Waals surface area contributed by atoms with E-state index in [0.29, 0.717) is 0 Å². The molecule has 250 valence electrons. The maximum atomic E-state index is 2.35. The van der Waals surface area contributed by atoms with E-state index in [4.69, 9.17) is 0 Å². The topological polar surface area (TPSA) is 0 Å². The fourth-order valence-electron chi connectivity index (χ4n) is 9.13. The average molecular weight is 683 g/mol. The van der Waals surface area contributed by atoms with Gasteiger partial charge >= 0.3 is 0 Å². The third-order valence-corrected chi connectivity index (χ3v) is 11.4. The van der Waals surface area contributed by atoms with Crippen LogP contribution >= 0.6 is 0 Å². The van der Waals surface area contributed by atoms with E-state index in [1.165, 1.54) is 109 Å². The molecule has 0 N–H and O–H groups in total. The predicted octanol–water partition coefficient (Wildman–Crippen LogP) is 15.3. The van der Waals surface area contributed by atoms with Gasteiger partial charge in [-0.2, -0.15) is 0 Å². The van der Waals surface area contributed by atoms with Crippen molar-refractivity contribution in [2.24, 2.45) is 0 Å². The maximum Gasteiger partial charge on any atom is -0.00139 e. The second-order valence-corrected chi connectivity index (χ2v) is 14.3. The van der Waals surface area contributed by atoms with Gasteiger partial charge in [-0.1, -0.05) is 200 Å². The molecule has 11 rings (SSSR count). The van der Waals surface area contributed by atoms with E-state index in [1.54, 1.807) is 0 Å². The van der Waals surface area contributed by atoms with Gasteiger partial charge in [0, 0.05) is 0 Å². The van der Waals surface area contributed by atoms with E-state index >= 15 is 0 Å². The summed E-state index contributed by atoms with van der Waals surface area (Å²) in [6.07, 6.45) is 0. The second kappa shape index (κ2) is 12.3. The van der Waals surface area contributed by atoms with Gasteiger partial charge in [0.15, 0.2) is 0 Å². The fourth-order valence-corrected chi connectivity index (χ4v) is 9.13. The van der Waals surface area contributed by atoms with Crippen LogP contribution in [0.2, 0.25) is 0 Å². The Hall–Kier alpha value is -7.02. The van der Waals surface area contributed by atoms with Crippen molar-refractivity contribution in [3.05, 3.63) is 206 Å². The summed E-state index contributed by atoms with van der Waals surface area (Å²) >= 11 is 0. The van der Waals surface area contributed by atoms with Crippen LogP contribution in [0.25, 0.3) is 109 Å². The summed E-state index contributed by atoms with van der Waals surface area (Å²) in [6.45, 7) is 0. The zero-order valence-electron chi connectivity index (χ0n) is 29.6. The Bertz CT molecular complexity index is 3160. The summed E-state index contributed by atoms with van der Waals surface area (Å²) in [5, 5.41) is 15.2. The first-order chi connectivity index (χ1) is 26.8. The molecule has 0 radical (unpaired) electrons. The Balaban J connectivity index is 1.31. The van der Waals surface area contributed by atoms with Crippen LogP contribution in [0.3, 0.4) is 0 Å². The molecule has 0 unspecified atom stereocenters. The minimum Gasteiger partial charge on any atom is -0.0622 e. The van der Waals surface area contributed by atoms with Crippen molar-refractivity contribution >= 4 is 64.6 Å². The van der Waals surface area contributed by atoms with Crippen LogP contribution in [0.1, 0.15) is 0 Å². The standard InChI is InChI=1S/C54H34/c1-2-17-36(18-3-1)39-28-14-29-40(38-33-32-35-16-4-5-19-37(35)34-38)53(39)54-48-26-12-10-24-46(48)52(47-25-11-13-27-49(47)54)50-31-15-30-45-43-21-7-6-20-41(43)42-22-8-9-23-44(42)51(45)50/h1-34H. The molecular weight excluding hydrogens is 649 g/mol. The minimum absolute atomic E-state index is 1.21. The summed E-state index contributed by atoms with van der Waals surface area (Å²) < 4.78 is 0. The van der Waals surface area contributed by atoms with E-state index in [-0.39, 0.29) is 0 Å². The van der Waals surface area contributed by atoms with Gasteiger partial charge in [-0.25, -0.2) is 0 Å². The molecule has 0 aliphatic rings. The van der Waals surface area contributed by atoms with Crippen molar-refractivity contribution in [3.8, 4) is 44.5 Å². The molecule has 0 amide bonds. The van der Waals surface area contributed by atoms with Gasteiger partial charge in [-0.3, -0.25) is 0 Å². The highest BCUT2D eigenvalue weighted by molar-refractivity contribution is 6.32. The van der Waals surface area contributed by atoms with E-state index < -0.39 is 0 Å². The van der Waals surface area contributed by atoms with E-state index in [0.717, 1.165) is 0 Å². The zero-order valence-corrected chi connectivity index (χ0v) is 29.6. The Morgan fingerprint density at radius 3 is 1.26 bits per heavy atom. The van der Waals surface area contributed by atoms with Crippen LogP contribution < -0.4 is 0 Å². The molecule has 0 heterocycles. The van der Waals surface area contributed by atoms with Gasteiger partial charge in [0.2, 0.25) is 0 Å². The molecule has 0 aliphatic carbocycles. The fraction of sp³-hybridized carbons (Fsp3) is 0. The average Bonchev–Trinajstić information content (AvgIpc) is 3.25. The van der Waals surface area contributed by atoms with Crippen molar-refractivity contribution in [1.29, 1.82) is 0 Å². The number of hydrogen-bond acceptors (Lipinski definition) is 0. The lowest BCUT2D eigenvalue weighted by Crippen LogP contribution is -1.96. The van der Waals surface area contributed by atoms with Crippen LogP contribution in [-0.4, -0.2) is 0 Å². The lowest BCUT2D eigenvalue weighted by atomic mass is 9.80. The van der Waals surface area contributed by atoms with Gasteiger partial charge in [-0.05, 0) is 115 Å². The van der Waals surface area contributed by atoms with E-state index in [2.05, 4.69) is 206 Å². The van der Waals surface area contributed by atoms with Gasteiger partial charge < -0.3 is 0 Å². The van der Waals surface area contributed by atoms with Crippen molar-refractivity contribution in [2.45, 2.75) is 0 Å². The normalized spacial score (nSPS) is 11.7. The molecule has 11 aromatic rings. The summed E-state index contributed by atoms with van der Waals surface area (Å²) in [4.78, 5) is 0. The van der Waals surface area contributed by atoms with Gasteiger partial charge in [0.1, 0.15) is 0 Å². The molecule has 0 atom stereocenters. The number of hydrogen-bond donors (Lipinski definition) is 0. The molecule has 0 nitrogen and oxygen atoms in total. The molecule has 11 aromatic carbocycles. The first-order valence-corrected chi connectivity index (χ1v) is 18.8. The molecule has 0 spiro atoms. The Morgan fingerprint density at radius 1 is 0.204 bits per heavy atom. The molecule has 0 fully saturated rings.